The minimum atomic E-state index is -0.388. The summed E-state index contributed by atoms with van der Waals surface area (Å²) in [6, 6.07) is 20.2. The summed E-state index contributed by atoms with van der Waals surface area (Å²) in [5.74, 6) is 1.20. The van der Waals surface area contributed by atoms with E-state index < -0.39 is 0 Å². The van der Waals surface area contributed by atoms with Crippen molar-refractivity contribution < 1.29 is 13.9 Å². The third-order valence-corrected chi connectivity index (χ3v) is 5.67. The maximum absolute atomic E-state index is 14.2. The number of halogens is 2. The Morgan fingerprint density at radius 3 is 2.59 bits per heavy atom. The lowest BCUT2D eigenvalue weighted by atomic mass is 9.88. The molecule has 3 aromatic carbocycles. The maximum Gasteiger partial charge on any atom is 0.165 e. The molecule has 0 aromatic heterocycles. The van der Waals surface area contributed by atoms with Crippen LogP contribution in [0, 0.1) is 11.7 Å². The lowest BCUT2D eigenvalue weighted by molar-refractivity contribution is 0.0204. The molecular formula is C25H24ClFO2. The molecule has 0 saturated carbocycles. The second-order valence-electron chi connectivity index (χ2n) is 7.85. The van der Waals surface area contributed by atoms with Crippen LogP contribution in [0.25, 0.3) is 0 Å². The number of benzene rings is 3. The summed E-state index contributed by atoms with van der Waals surface area (Å²) in [4.78, 5) is 0. The van der Waals surface area contributed by atoms with Gasteiger partial charge in [-0.05, 0) is 65.4 Å². The van der Waals surface area contributed by atoms with Gasteiger partial charge in [0.05, 0.1) is 12.7 Å². The van der Waals surface area contributed by atoms with Crippen LogP contribution in [0.4, 0.5) is 4.39 Å². The summed E-state index contributed by atoms with van der Waals surface area (Å²) in [5, 5.41) is 0.758. The molecule has 0 amide bonds. The van der Waals surface area contributed by atoms with Crippen LogP contribution >= 0.6 is 11.6 Å². The molecule has 0 saturated heterocycles. The second kappa shape index (κ2) is 8.56. The van der Waals surface area contributed by atoms with Crippen LogP contribution in [0.5, 0.6) is 11.5 Å². The van der Waals surface area contributed by atoms with Gasteiger partial charge in [0.1, 0.15) is 5.75 Å². The highest BCUT2D eigenvalue weighted by Gasteiger charge is 2.35. The molecule has 2 atom stereocenters. The van der Waals surface area contributed by atoms with Gasteiger partial charge in [-0.1, -0.05) is 55.8 Å². The molecule has 2 unspecified atom stereocenters. The van der Waals surface area contributed by atoms with E-state index in [9.17, 15) is 4.39 Å². The molecule has 0 N–H and O–H groups in total. The number of hydrogen-bond acceptors (Lipinski definition) is 2. The molecule has 4 heteroatoms. The number of hydrogen-bond donors (Lipinski definition) is 0. The Hall–Kier alpha value is -2.36. The van der Waals surface area contributed by atoms with Crippen LogP contribution in [0.1, 0.15) is 36.5 Å². The van der Waals surface area contributed by atoms with Crippen molar-refractivity contribution in [1.29, 1.82) is 0 Å². The Labute approximate surface area is 176 Å². The Morgan fingerprint density at radius 2 is 1.83 bits per heavy atom. The van der Waals surface area contributed by atoms with Gasteiger partial charge in [0.15, 0.2) is 11.6 Å². The maximum atomic E-state index is 14.2. The van der Waals surface area contributed by atoms with E-state index in [0.717, 1.165) is 17.0 Å². The van der Waals surface area contributed by atoms with Crippen molar-refractivity contribution >= 4 is 11.6 Å². The molecule has 0 heterocycles. The molecule has 1 aliphatic rings. The monoisotopic (exact) mass is 410 g/mol. The summed E-state index contributed by atoms with van der Waals surface area (Å²) < 4.78 is 26.2. The molecule has 0 fully saturated rings. The Bertz CT molecular complexity index is 987. The molecular weight excluding hydrogens is 387 g/mol. The standard InChI is InChI=1S/C25H24ClFO2/c1-16(2)25-21-10-9-19(26)13-18(21)14-24(25)28-15-17-8-11-22(27)23(12-17)29-20-6-4-3-5-7-20/h3-13,16,24-25H,14-15H2,1-2H3. The molecule has 150 valence electrons. The molecule has 29 heavy (non-hydrogen) atoms. The van der Waals surface area contributed by atoms with E-state index in [2.05, 4.69) is 19.9 Å². The predicted octanol–water partition coefficient (Wildman–Crippen LogP) is 7.15. The molecule has 1 aliphatic carbocycles. The van der Waals surface area contributed by atoms with Gasteiger partial charge in [0, 0.05) is 10.9 Å². The van der Waals surface area contributed by atoms with Gasteiger partial charge >= 0.3 is 0 Å². The SMILES string of the molecule is CC(C)C1c2ccc(Cl)cc2CC1OCc1ccc(F)c(Oc2ccccc2)c1. The average molecular weight is 411 g/mol. The van der Waals surface area contributed by atoms with Crippen molar-refractivity contribution in [2.75, 3.05) is 0 Å². The Balaban J connectivity index is 1.48. The van der Waals surface area contributed by atoms with Gasteiger partial charge < -0.3 is 9.47 Å². The van der Waals surface area contributed by atoms with E-state index in [0.29, 0.717) is 24.2 Å². The van der Waals surface area contributed by atoms with Gasteiger partial charge in [-0.15, -0.1) is 0 Å². The van der Waals surface area contributed by atoms with Crippen molar-refractivity contribution in [3.8, 4) is 11.5 Å². The highest BCUT2D eigenvalue weighted by molar-refractivity contribution is 6.30. The Kier molecular flexibility index (Phi) is 5.89. The first-order valence-electron chi connectivity index (χ1n) is 9.92. The fraction of sp³-hybridized carbons (Fsp3) is 0.280. The second-order valence-corrected chi connectivity index (χ2v) is 8.28. The zero-order valence-electron chi connectivity index (χ0n) is 16.6. The smallest absolute Gasteiger partial charge is 0.165 e. The van der Waals surface area contributed by atoms with Crippen LogP contribution in [0.2, 0.25) is 5.02 Å². The van der Waals surface area contributed by atoms with E-state index in [-0.39, 0.29) is 17.7 Å². The predicted molar refractivity (Wildman–Crippen MR) is 114 cm³/mol. The van der Waals surface area contributed by atoms with Crippen molar-refractivity contribution in [3.05, 3.63) is 94.3 Å². The van der Waals surface area contributed by atoms with Crippen molar-refractivity contribution in [3.63, 3.8) is 0 Å². The van der Waals surface area contributed by atoms with Gasteiger partial charge in [0.2, 0.25) is 0 Å². The van der Waals surface area contributed by atoms with E-state index >= 15 is 0 Å². The van der Waals surface area contributed by atoms with Crippen LogP contribution in [-0.4, -0.2) is 6.10 Å². The van der Waals surface area contributed by atoms with Crippen LogP contribution < -0.4 is 4.74 Å². The third kappa shape index (κ3) is 4.47. The van der Waals surface area contributed by atoms with Gasteiger partial charge in [-0.3, -0.25) is 0 Å². The highest BCUT2D eigenvalue weighted by Crippen LogP contribution is 2.41. The van der Waals surface area contributed by atoms with E-state index in [1.807, 2.05) is 30.3 Å². The first-order chi connectivity index (χ1) is 14.0. The van der Waals surface area contributed by atoms with Gasteiger partial charge in [-0.25, -0.2) is 4.39 Å². The Morgan fingerprint density at radius 1 is 1.03 bits per heavy atom. The minimum Gasteiger partial charge on any atom is -0.454 e. The third-order valence-electron chi connectivity index (χ3n) is 5.43. The highest BCUT2D eigenvalue weighted by atomic mass is 35.5. The molecule has 0 radical (unpaired) electrons. The summed E-state index contributed by atoms with van der Waals surface area (Å²) in [6.45, 7) is 4.84. The van der Waals surface area contributed by atoms with Gasteiger partial charge in [0.25, 0.3) is 0 Å². The lowest BCUT2D eigenvalue weighted by Crippen LogP contribution is -2.22. The quantitative estimate of drug-likeness (QED) is 0.429. The summed E-state index contributed by atoms with van der Waals surface area (Å²) in [6.07, 6.45) is 0.917. The molecule has 0 aliphatic heterocycles. The van der Waals surface area contributed by atoms with Gasteiger partial charge in [-0.2, -0.15) is 0 Å². The first-order valence-corrected chi connectivity index (χ1v) is 10.3. The average Bonchev–Trinajstić information content (AvgIpc) is 3.07. The number of ether oxygens (including phenoxy) is 2. The van der Waals surface area contributed by atoms with Crippen LogP contribution in [0.3, 0.4) is 0 Å². The summed E-state index contributed by atoms with van der Waals surface area (Å²) >= 11 is 6.18. The zero-order valence-corrected chi connectivity index (χ0v) is 17.3. The lowest BCUT2D eigenvalue weighted by Gasteiger charge is -2.24. The van der Waals surface area contributed by atoms with Crippen LogP contribution in [0.15, 0.2) is 66.7 Å². The number of rotatable bonds is 6. The normalized spacial score (nSPS) is 18.1. The van der Waals surface area contributed by atoms with Crippen LogP contribution in [-0.2, 0) is 17.8 Å². The topological polar surface area (TPSA) is 18.5 Å². The molecule has 0 bridgehead atoms. The number of para-hydroxylation sites is 1. The number of fused-ring (bicyclic) bond motifs is 1. The fourth-order valence-electron chi connectivity index (χ4n) is 4.11. The molecule has 0 spiro atoms. The zero-order chi connectivity index (χ0) is 20.4. The molecule has 3 aromatic rings. The van der Waals surface area contributed by atoms with Crippen molar-refractivity contribution in [1.82, 2.24) is 0 Å². The summed E-state index contributed by atoms with van der Waals surface area (Å²) in [5.41, 5.74) is 3.46. The summed E-state index contributed by atoms with van der Waals surface area (Å²) in [7, 11) is 0. The fourth-order valence-corrected chi connectivity index (χ4v) is 4.30. The largest absolute Gasteiger partial charge is 0.454 e. The molecule has 4 rings (SSSR count). The van der Waals surface area contributed by atoms with E-state index in [1.54, 1.807) is 24.3 Å². The molecule has 2 nitrogen and oxygen atoms in total. The van der Waals surface area contributed by atoms with Crippen molar-refractivity contribution in [2.24, 2.45) is 5.92 Å². The van der Waals surface area contributed by atoms with E-state index in [4.69, 9.17) is 21.1 Å². The first kappa shape index (κ1) is 19.9. The van der Waals surface area contributed by atoms with Crippen molar-refractivity contribution in [2.45, 2.75) is 38.9 Å². The minimum absolute atomic E-state index is 0.0759. The van der Waals surface area contributed by atoms with E-state index in [1.165, 1.54) is 17.2 Å².